The molecular weight excluding hydrogens is 357 g/mol. The second kappa shape index (κ2) is 7.74. The minimum Gasteiger partial charge on any atom is -0.445 e. The Morgan fingerprint density at radius 3 is 2.70 bits per heavy atom. The number of hydrogen-bond acceptors (Lipinski definition) is 3. The topological polar surface area (TPSA) is 46.3 Å². The van der Waals surface area contributed by atoms with Gasteiger partial charge in [0.1, 0.15) is 5.76 Å². The molecule has 0 bridgehead atoms. The van der Waals surface area contributed by atoms with Crippen LogP contribution in [-0.4, -0.2) is 28.9 Å². The largest absolute Gasteiger partial charge is 0.445 e. The van der Waals surface area contributed by atoms with Gasteiger partial charge >= 0.3 is 6.18 Å². The average molecular weight is 380 g/mol. The molecule has 1 fully saturated rings. The molecule has 0 radical (unpaired) electrons. The van der Waals surface area contributed by atoms with E-state index in [-0.39, 0.29) is 11.8 Å². The Kier molecular flexibility index (Phi) is 5.58. The summed E-state index contributed by atoms with van der Waals surface area (Å²) in [6, 6.07) is 5.71. The van der Waals surface area contributed by atoms with Gasteiger partial charge in [-0.1, -0.05) is 18.2 Å². The standard InChI is InChI=1S/C20H23F3N2O2/c1-13-18(24-14(2)27-13)19(26)25-11-5-6-15(12-25)9-10-16-7-3-4-8-17(16)20(21,22)23/h3-4,7-8,15H,5-6,9-12H2,1-2H3/t15-/m0/s1. The van der Waals surface area contributed by atoms with E-state index in [4.69, 9.17) is 4.42 Å². The number of aromatic nitrogens is 1. The third-order valence-corrected chi connectivity index (χ3v) is 5.06. The fourth-order valence-electron chi connectivity index (χ4n) is 3.74. The first-order valence-electron chi connectivity index (χ1n) is 9.14. The zero-order valence-corrected chi connectivity index (χ0v) is 15.5. The van der Waals surface area contributed by atoms with Crippen LogP contribution in [0.2, 0.25) is 0 Å². The number of amides is 1. The first-order chi connectivity index (χ1) is 12.8. The van der Waals surface area contributed by atoms with Crippen molar-refractivity contribution in [3.05, 3.63) is 52.7 Å². The number of likely N-dealkylation sites (tertiary alicyclic amines) is 1. The molecule has 4 nitrogen and oxygen atoms in total. The van der Waals surface area contributed by atoms with Gasteiger partial charge < -0.3 is 9.32 Å². The molecule has 1 aliphatic rings. The van der Waals surface area contributed by atoms with Gasteiger partial charge in [-0.3, -0.25) is 4.79 Å². The molecule has 1 aromatic carbocycles. The van der Waals surface area contributed by atoms with E-state index in [1.54, 1.807) is 24.8 Å². The Labute approximate surface area is 156 Å². The SMILES string of the molecule is Cc1nc(C(=O)N2CCC[C@@H](CCc3ccccc3C(F)(F)F)C2)c(C)o1. The van der Waals surface area contributed by atoms with Crippen molar-refractivity contribution in [2.24, 2.45) is 5.92 Å². The number of oxazole rings is 1. The molecule has 2 aromatic rings. The monoisotopic (exact) mass is 380 g/mol. The summed E-state index contributed by atoms with van der Waals surface area (Å²) >= 11 is 0. The Balaban J connectivity index is 1.64. The van der Waals surface area contributed by atoms with Crippen LogP contribution in [0, 0.1) is 19.8 Å². The predicted octanol–water partition coefficient (Wildman–Crippen LogP) is 4.80. The van der Waals surface area contributed by atoms with Gasteiger partial charge in [0.2, 0.25) is 0 Å². The van der Waals surface area contributed by atoms with E-state index in [0.29, 0.717) is 48.8 Å². The summed E-state index contributed by atoms with van der Waals surface area (Å²) in [6.07, 6.45) is -1.62. The molecule has 146 valence electrons. The lowest BCUT2D eigenvalue weighted by molar-refractivity contribution is -0.138. The molecular formula is C20H23F3N2O2. The van der Waals surface area contributed by atoms with E-state index in [9.17, 15) is 18.0 Å². The summed E-state index contributed by atoms with van der Waals surface area (Å²) in [7, 11) is 0. The van der Waals surface area contributed by atoms with Gasteiger partial charge in [0.15, 0.2) is 11.6 Å². The fraction of sp³-hybridized carbons (Fsp3) is 0.500. The van der Waals surface area contributed by atoms with Gasteiger partial charge in [0.25, 0.3) is 5.91 Å². The lowest BCUT2D eigenvalue weighted by Crippen LogP contribution is -2.40. The quantitative estimate of drug-likeness (QED) is 0.766. The van der Waals surface area contributed by atoms with E-state index in [0.717, 1.165) is 18.9 Å². The Bertz CT molecular complexity index is 814. The van der Waals surface area contributed by atoms with Gasteiger partial charge in [-0.15, -0.1) is 0 Å². The number of benzene rings is 1. The molecule has 1 saturated heterocycles. The van der Waals surface area contributed by atoms with Gasteiger partial charge in [-0.25, -0.2) is 4.98 Å². The number of rotatable bonds is 4. The van der Waals surface area contributed by atoms with Crippen molar-refractivity contribution in [3.63, 3.8) is 0 Å². The molecule has 0 spiro atoms. The molecule has 0 N–H and O–H groups in total. The number of piperidine rings is 1. The molecule has 1 aromatic heterocycles. The van der Waals surface area contributed by atoms with Crippen molar-refractivity contribution in [3.8, 4) is 0 Å². The van der Waals surface area contributed by atoms with Crippen molar-refractivity contribution >= 4 is 5.91 Å². The number of nitrogens with zero attached hydrogens (tertiary/aromatic N) is 2. The van der Waals surface area contributed by atoms with Gasteiger partial charge in [0, 0.05) is 20.0 Å². The van der Waals surface area contributed by atoms with Crippen LogP contribution in [0.25, 0.3) is 0 Å². The number of carbonyl (C=O) groups excluding carboxylic acids is 1. The predicted molar refractivity (Wildman–Crippen MR) is 94.4 cm³/mol. The summed E-state index contributed by atoms with van der Waals surface area (Å²) in [4.78, 5) is 18.6. The second-order valence-corrected chi connectivity index (χ2v) is 7.09. The second-order valence-electron chi connectivity index (χ2n) is 7.09. The Morgan fingerprint density at radius 1 is 1.30 bits per heavy atom. The summed E-state index contributed by atoms with van der Waals surface area (Å²) in [5.74, 6) is 0.967. The third-order valence-electron chi connectivity index (χ3n) is 5.06. The maximum atomic E-state index is 13.1. The molecule has 1 atom stereocenters. The van der Waals surface area contributed by atoms with Crippen LogP contribution in [0.4, 0.5) is 13.2 Å². The highest BCUT2D eigenvalue weighted by Crippen LogP contribution is 2.33. The van der Waals surface area contributed by atoms with E-state index in [2.05, 4.69) is 4.98 Å². The molecule has 1 amide bonds. The van der Waals surface area contributed by atoms with Crippen LogP contribution in [0.5, 0.6) is 0 Å². The molecule has 0 unspecified atom stereocenters. The van der Waals surface area contributed by atoms with Crippen molar-refractivity contribution < 1.29 is 22.4 Å². The number of carbonyl (C=O) groups is 1. The maximum absolute atomic E-state index is 13.1. The van der Waals surface area contributed by atoms with Crippen LogP contribution < -0.4 is 0 Å². The van der Waals surface area contributed by atoms with Crippen LogP contribution >= 0.6 is 0 Å². The lowest BCUT2D eigenvalue weighted by atomic mass is 9.90. The van der Waals surface area contributed by atoms with Crippen LogP contribution in [-0.2, 0) is 12.6 Å². The number of halogens is 3. The average Bonchev–Trinajstić information content (AvgIpc) is 2.97. The first-order valence-corrected chi connectivity index (χ1v) is 9.14. The van der Waals surface area contributed by atoms with Gasteiger partial charge in [0.05, 0.1) is 5.56 Å². The van der Waals surface area contributed by atoms with Crippen molar-refractivity contribution in [2.45, 2.75) is 45.7 Å². The normalized spacial score (nSPS) is 18.0. The van der Waals surface area contributed by atoms with E-state index in [1.807, 2.05) is 0 Å². The molecule has 0 saturated carbocycles. The Morgan fingerprint density at radius 2 is 2.04 bits per heavy atom. The fourth-order valence-corrected chi connectivity index (χ4v) is 3.74. The highest BCUT2D eigenvalue weighted by molar-refractivity contribution is 5.93. The van der Waals surface area contributed by atoms with Crippen LogP contribution in [0.1, 0.15) is 52.5 Å². The number of alkyl halides is 3. The Hall–Kier alpha value is -2.31. The maximum Gasteiger partial charge on any atom is 0.416 e. The highest BCUT2D eigenvalue weighted by Gasteiger charge is 2.33. The van der Waals surface area contributed by atoms with Crippen molar-refractivity contribution in [1.29, 1.82) is 0 Å². The summed E-state index contributed by atoms with van der Waals surface area (Å²) < 4.78 is 44.8. The molecule has 2 heterocycles. The summed E-state index contributed by atoms with van der Waals surface area (Å²) in [5, 5.41) is 0. The molecule has 0 aliphatic carbocycles. The lowest BCUT2D eigenvalue weighted by Gasteiger charge is -2.32. The molecule has 7 heteroatoms. The first kappa shape index (κ1) is 19.5. The zero-order valence-electron chi connectivity index (χ0n) is 15.5. The number of hydrogen-bond donors (Lipinski definition) is 0. The van der Waals surface area contributed by atoms with Crippen LogP contribution in [0.15, 0.2) is 28.7 Å². The molecule has 1 aliphatic heterocycles. The zero-order chi connectivity index (χ0) is 19.6. The molecule has 27 heavy (non-hydrogen) atoms. The summed E-state index contributed by atoms with van der Waals surface area (Å²) in [6.45, 7) is 4.59. The minimum atomic E-state index is -4.34. The molecule has 3 rings (SSSR count). The van der Waals surface area contributed by atoms with E-state index >= 15 is 0 Å². The van der Waals surface area contributed by atoms with E-state index in [1.165, 1.54) is 12.1 Å². The van der Waals surface area contributed by atoms with Gasteiger partial charge in [-0.2, -0.15) is 13.2 Å². The van der Waals surface area contributed by atoms with Crippen LogP contribution in [0.3, 0.4) is 0 Å². The smallest absolute Gasteiger partial charge is 0.416 e. The van der Waals surface area contributed by atoms with Crippen molar-refractivity contribution in [1.82, 2.24) is 9.88 Å². The third kappa shape index (κ3) is 4.51. The van der Waals surface area contributed by atoms with Gasteiger partial charge in [-0.05, 0) is 50.2 Å². The summed E-state index contributed by atoms with van der Waals surface area (Å²) in [5.41, 5.74) is 0.0782. The number of aryl methyl sites for hydroxylation is 3. The highest BCUT2D eigenvalue weighted by atomic mass is 19.4. The van der Waals surface area contributed by atoms with E-state index < -0.39 is 11.7 Å². The van der Waals surface area contributed by atoms with Crippen molar-refractivity contribution in [2.75, 3.05) is 13.1 Å². The minimum absolute atomic E-state index is 0.162.